The van der Waals surface area contributed by atoms with E-state index in [4.69, 9.17) is 10.5 Å². The Morgan fingerprint density at radius 2 is 1.82 bits per heavy atom. The molecule has 4 aliphatic rings. The van der Waals surface area contributed by atoms with Gasteiger partial charge in [-0.1, -0.05) is 37.9 Å². The van der Waals surface area contributed by atoms with Crippen LogP contribution in [0.2, 0.25) is 0 Å². The van der Waals surface area contributed by atoms with Crippen LogP contribution in [0.3, 0.4) is 0 Å². The largest absolute Gasteiger partial charge is 0.510 e. The molecule has 6 rings (SSSR count). The maximum atomic E-state index is 12.6. The van der Waals surface area contributed by atoms with Crippen LogP contribution < -0.4 is 10.5 Å². The number of rotatable bonds is 6. The number of nitrogens with zero attached hydrogens (tertiary/aromatic N) is 2. The minimum Gasteiger partial charge on any atom is -0.510 e. The number of aliphatic hydroxyl groups excluding tert-OH is 1. The number of nitrogens with two attached hydrogens (primary N) is 1. The molecular weight excluding hydrogens is 546 g/mol. The molecule has 4 atom stereocenters. The van der Waals surface area contributed by atoms with Crippen molar-refractivity contribution >= 4 is 5.57 Å². The molecule has 0 aromatic heterocycles. The van der Waals surface area contributed by atoms with Gasteiger partial charge in [-0.05, 0) is 135 Å². The van der Waals surface area contributed by atoms with Crippen molar-refractivity contribution in [3.05, 3.63) is 106 Å². The second-order valence-electron chi connectivity index (χ2n) is 13.5. The lowest BCUT2D eigenvalue weighted by Crippen LogP contribution is -2.58. The van der Waals surface area contributed by atoms with Crippen molar-refractivity contribution in [3.8, 4) is 16.9 Å². The number of benzene rings is 2. The van der Waals surface area contributed by atoms with Gasteiger partial charge in [0.1, 0.15) is 17.1 Å². The van der Waals surface area contributed by atoms with Crippen LogP contribution in [0.25, 0.3) is 16.7 Å². The van der Waals surface area contributed by atoms with Gasteiger partial charge in [0, 0.05) is 29.3 Å². The average Bonchev–Trinajstić information content (AvgIpc) is 3.48. The minimum absolute atomic E-state index is 0.116. The van der Waals surface area contributed by atoms with E-state index in [1.54, 1.807) is 7.11 Å². The smallest absolute Gasteiger partial charge is 0.126 e. The van der Waals surface area contributed by atoms with Gasteiger partial charge in [-0.2, -0.15) is 0 Å². The van der Waals surface area contributed by atoms with Crippen molar-refractivity contribution in [3.63, 3.8) is 0 Å². The van der Waals surface area contributed by atoms with Crippen LogP contribution in [-0.4, -0.2) is 66.0 Å². The first-order chi connectivity index (χ1) is 20.9. The predicted octanol–water partition coefficient (Wildman–Crippen LogP) is 6.30. The number of ether oxygens (including phenoxy) is 1. The van der Waals surface area contributed by atoms with Gasteiger partial charge < -0.3 is 20.7 Å². The molecule has 0 saturated carbocycles. The van der Waals surface area contributed by atoms with Gasteiger partial charge in [-0.3, -0.25) is 9.80 Å². The Bertz CT molecular complexity index is 1640. The summed E-state index contributed by atoms with van der Waals surface area (Å²) in [5.74, 6) is 0.792. The first-order valence-electron chi connectivity index (χ1n) is 15.8. The molecule has 4 N–H and O–H groups in total. The second-order valence-corrected chi connectivity index (χ2v) is 13.5. The van der Waals surface area contributed by atoms with E-state index in [1.165, 1.54) is 29.5 Å². The van der Waals surface area contributed by atoms with E-state index in [0.717, 1.165) is 65.2 Å². The molecule has 6 heteroatoms. The van der Waals surface area contributed by atoms with Gasteiger partial charge in [0.2, 0.25) is 0 Å². The summed E-state index contributed by atoms with van der Waals surface area (Å²) >= 11 is 0. The number of aliphatic hydroxyl groups is 2. The molecule has 232 valence electrons. The normalized spacial score (nSPS) is 27.0. The van der Waals surface area contributed by atoms with Crippen LogP contribution >= 0.6 is 0 Å². The highest BCUT2D eigenvalue weighted by Gasteiger charge is 2.57. The molecule has 1 unspecified atom stereocenters. The zero-order valence-corrected chi connectivity index (χ0v) is 27.0. The van der Waals surface area contributed by atoms with E-state index in [9.17, 15) is 10.2 Å². The fourth-order valence-electron chi connectivity index (χ4n) is 8.79. The first kappa shape index (κ1) is 30.4. The maximum absolute atomic E-state index is 12.6. The molecule has 6 nitrogen and oxygen atoms in total. The van der Waals surface area contributed by atoms with Crippen molar-refractivity contribution in [1.29, 1.82) is 0 Å². The Labute approximate surface area is 262 Å². The van der Waals surface area contributed by atoms with Gasteiger partial charge in [0.15, 0.2) is 0 Å². The monoisotopic (exact) mass is 593 g/mol. The summed E-state index contributed by atoms with van der Waals surface area (Å²) in [5.41, 5.74) is 15.8. The highest BCUT2D eigenvalue weighted by Crippen LogP contribution is 2.58. The van der Waals surface area contributed by atoms with Gasteiger partial charge in [-0.25, -0.2) is 0 Å². The number of allylic oxidation sites excluding steroid dienone is 3. The Hall–Kier alpha value is -3.58. The summed E-state index contributed by atoms with van der Waals surface area (Å²) in [4.78, 5) is 4.49. The molecule has 2 aromatic rings. The quantitative estimate of drug-likeness (QED) is 0.365. The Kier molecular flexibility index (Phi) is 7.68. The molecule has 2 aromatic carbocycles. The SMILES string of the molecule is C=C(N)C1=C(O)C(N(C)C)[C@@H]2C[C@@H]3Cc4c(-c5cc(CN6CCCC6)ccc5OC)ccc(C)c4C(=C)C3=C(C)[C@]2(O)C1=C. The van der Waals surface area contributed by atoms with Crippen molar-refractivity contribution < 1.29 is 14.9 Å². The van der Waals surface area contributed by atoms with E-state index < -0.39 is 11.6 Å². The number of likely N-dealkylation sites (N-methyl/N-ethyl adjacent to an activating group) is 1. The molecular formula is C38H47N3O3. The maximum Gasteiger partial charge on any atom is 0.126 e. The highest BCUT2D eigenvalue weighted by atomic mass is 16.5. The number of hydrogen-bond donors (Lipinski definition) is 3. The fraction of sp³-hybridized carbons (Fsp3) is 0.421. The van der Waals surface area contributed by atoms with Crippen molar-refractivity contribution in [1.82, 2.24) is 9.80 Å². The Morgan fingerprint density at radius 1 is 1.11 bits per heavy atom. The van der Waals surface area contributed by atoms with Gasteiger partial charge >= 0.3 is 0 Å². The second kappa shape index (κ2) is 11.1. The molecule has 1 heterocycles. The number of fused-ring (bicyclic) bond motifs is 3. The number of hydrogen-bond acceptors (Lipinski definition) is 6. The van der Waals surface area contributed by atoms with Crippen LogP contribution in [0.4, 0.5) is 0 Å². The molecule has 0 radical (unpaired) electrons. The minimum atomic E-state index is -1.39. The van der Waals surface area contributed by atoms with Crippen LogP contribution in [0.5, 0.6) is 5.75 Å². The van der Waals surface area contributed by atoms with E-state index in [1.807, 2.05) is 25.9 Å². The average molecular weight is 594 g/mol. The van der Waals surface area contributed by atoms with Crippen LogP contribution in [0.1, 0.15) is 48.4 Å². The van der Waals surface area contributed by atoms with Gasteiger partial charge in [0.25, 0.3) is 0 Å². The van der Waals surface area contributed by atoms with Crippen molar-refractivity contribution in [2.75, 3.05) is 34.3 Å². The first-order valence-corrected chi connectivity index (χ1v) is 15.8. The van der Waals surface area contributed by atoms with Gasteiger partial charge in [0.05, 0.1) is 13.2 Å². The number of aryl methyl sites for hydroxylation is 1. The summed E-state index contributed by atoms with van der Waals surface area (Å²) in [6.45, 7) is 20.3. The van der Waals surface area contributed by atoms with Crippen molar-refractivity contribution in [2.24, 2.45) is 17.6 Å². The molecule has 0 amide bonds. The predicted molar refractivity (Wildman–Crippen MR) is 179 cm³/mol. The van der Waals surface area contributed by atoms with E-state index in [-0.39, 0.29) is 23.3 Å². The molecule has 1 fully saturated rings. The van der Waals surface area contributed by atoms with Gasteiger partial charge in [-0.15, -0.1) is 0 Å². The fourth-order valence-corrected chi connectivity index (χ4v) is 8.79. The summed E-state index contributed by atoms with van der Waals surface area (Å²) in [6, 6.07) is 10.6. The molecule has 44 heavy (non-hydrogen) atoms. The van der Waals surface area contributed by atoms with Crippen LogP contribution in [0, 0.1) is 18.8 Å². The summed E-state index contributed by atoms with van der Waals surface area (Å²) in [5, 5.41) is 24.1. The lowest BCUT2D eigenvalue weighted by Gasteiger charge is -2.54. The number of likely N-dealkylation sites (tertiary alicyclic amines) is 1. The molecule has 3 aliphatic carbocycles. The highest BCUT2D eigenvalue weighted by molar-refractivity contribution is 5.90. The standard InChI is InChI=1S/C38H47N3O3/c1-21-11-13-28(29-17-26(12-14-32(29)44-8)20-41-15-9-10-16-41)30-18-27-19-31-36(40(6)7)37(42)35(25(5)39)24(4)38(31,43)23(3)34(27)22(2)33(21)30/h11-14,17,27,31,36,42-43H,2,4-5,9-10,15-16,18-20,39H2,1,3,6-8H3/t27-,31-,36?,38-/m0/s1. The van der Waals surface area contributed by atoms with Crippen LogP contribution in [-0.2, 0) is 13.0 Å². The van der Waals surface area contributed by atoms with E-state index in [0.29, 0.717) is 17.6 Å². The topological polar surface area (TPSA) is 82.2 Å². The third kappa shape index (κ3) is 4.49. The Balaban J connectivity index is 1.50. The summed E-state index contributed by atoms with van der Waals surface area (Å²) in [6.07, 6.45) is 4.00. The lowest BCUT2D eigenvalue weighted by atomic mass is 9.55. The molecule has 1 aliphatic heterocycles. The van der Waals surface area contributed by atoms with E-state index >= 15 is 0 Å². The zero-order valence-electron chi connectivity index (χ0n) is 27.0. The lowest BCUT2D eigenvalue weighted by molar-refractivity contribution is -0.0178. The molecule has 0 bridgehead atoms. The molecule has 0 spiro atoms. The third-order valence-corrected chi connectivity index (χ3v) is 10.8. The third-order valence-electron chi connectivity index (χ3n) is 10.8. The van der Waals surface area contributed by atoms with Crippen LogP contribution in [0.15, 0.2) is 83.8 Å². The van der Waals surface area contributed by atoms with Crippen molar-refractivity contribution in [2.45, 2.75) is 57.7 Å². The number of methoxy groups -OCH3 is 1. The Morgan fingerprint density at radius 3 is 2.45 bits per heavy atom. The molecule has 1 saturated heterocycles. The van der Waals surface area contributed by atoms with E-state index in [2.05, 4.69) is 61.9 Å². The summed E-state index contributed by atoms with van der Waals surface area (Å²) < 4.78 is 5.93. The summed E-state index contributed by atoms with van der Waals surface area (Å²) in [7, 11) is 5.60. The zero-order chi connectivity index (χ0) is 31.7.